The van der Waals surface area contributed by atoms with E-state index in [1.54, 1.807) is 24.3 Å². The van der Waals surface area contributed by atoms with Gasteiger partial charge in [-0.1, -0.05) is 23.7 Å². The second-order valence-electron chi connectivity index (χ2n) is 9.03. The molecule has 12 heteroatoms. The van der Waals surface area contributed by atoms with Gasteiger partial charge in [0.1, 0.15) is 6.04 Å². The molecule has 3 amide bonds. The van der Waals surface area contributed by atoms with Crippen molar-refractivity contribution in [3.05, 3.63) is 88.9 Å². The lowest BCUT2D eigenvalue weighted by Gasteiger charge is -2.27. The van der Waals surface area contributed by atoms with Gasteiger partial charge in [0.2, 0.25) is 21.8 Å². The molecular weight excluding hydrogens is 558 g/mol. The molecular formula is C28H26ClN3O7S. The number of hydrogen-bond donors (Lipinski definition) is 1. The third-order valence-electron chi connectivity index (χ3n) is 6.31. The number of imide groups is 1. The number of hydrogen-bond acceptors (Lipinski definition) is 7. The van der Waals surface area contributed by atoms with Crippen molar-refractivity contribution < 1.29 is 32.3 Å². The fourth-order valence-corrected chi connectivity index (χ4v) is 6.20. The van der Waals surface area contributed by atoms with Crippen molar-refractivity contribution in [2.45, 2.75) is 30.7 Å². The molecule has 3 aromatic carbocycles. The summed E-state index contributed by atoms with van der Waals surface area (Å²) in [5.41, 5.74) is 1.60. The zero-order chi connectivity index (χ0) is 29.0. The molecule has 0 spiro atoms. The SMILES string of the molecule is COC(=O)c1ccc(N2C(=O)CC(N(CCc3cccc(Cl)c3)S(=O)(=O)c3ccc(NC(C)=O)cc3)C2=O)cc1. The number of nitrogens with zero attached hydrogens (tertiary/aromatic N) is 2. The second kappa shape index (κ2) is 12.0. The molecule has 1 N–H and O–H groups in total. The Morgan fingerprint density at radius 3 is 2.33 bits per heavy atom. The van der Waals surface area contributed by atoms with E-state index >= 15 is 0 Å². The minimum Gasteiger partial charge on any atom is -0.465 e. The molecule has 1 saturated heterocycles. The number of methoxy groups -OCH3 is 1. The van der Waals surface area contributed by atoms with Crippen LogP contribution in [0.2, 0.25) is 5.02 Å². The van der Waals surface area contributed by atoms with Crippen LogP contribution in [0, 0.1) is 0 Å². The van der Waals surface area contributed by atoms with E-state index in [2.05, 4.69) is 10.1 Å². The number of halogens is 1. The number of carbonyl (C=O) groups excluding carboxylic acids is 4. The van der Waals surface area contributed by atoms with Gasteiger partial charge in [-0.3, -0.25) is 14.4 Å². The molecule has 208 valence electrons. The quantitative estimate of drug-likeness (QED) is 0.300. The zero-order valence-electron chi connectivity index (χ0n) is 21.7. The van der Waals surface area contributed by atoms with Crippen LogP contribution in [-0.4, -0.2) is 56.1 Å². The molecule has 1 aliphatic heterocycles. The largest absolute Gasteiger partial charge is 0.465 e. The highest BCUT2D eigenvalue weighted by atomic mass is 35.5. The van der Waals surface area contributed by atoms with Gasteiger partial charge in [-0.2, -0.15) is 4.31 Å². The molecule has 10 nitrogen and oxygen atoms in total. The summed E-state index contributed by atoms with van der Waals surface area (Å²) in [5.74, 6) is -2.18. The van der Waals surface area contributed by atoms with Gasteiger partial charge in [0, 0.05) is 24.2 Å². The summed E-state index contributed by atoms with van der Waals surface area (Å²) >= 11 is 6.10. The number of benzene rings is 3. The van der Waals surface area contributed by atoms with Crippen LogP contribution in [0.5, 0.6) is 0 Å². The summed E-state index contributed by atoms with van der Waals surface area (Å²) in [6, 6.07) is 16.9. The predicted molar refractivity (Wildman–Crippen MR) is 148 cm³/mol. The second-order valence-corrected chi connectivity index (χ2v) is 11.4. The summed E-state index contributed by atoms with van der Waals surface area (Å²) in [6.45, 7) is 1.23. The van der Waals surface area contributed by atoms with Crippen LogP contribution in [0.3, 0.4) is 0 Å². The third-order valence-corrected chi connectivity index (χ3v) is 8.47. The Bertz CT molecular complexity index is 1560. The number of esters is 1. The Morgan fingerprint density at radius 1 is 1.05 bits per heavy atom. The van der Waals surface area contributed by atoms with Gasteiger partial charge in [0.05, 0.1) is 29.7 Å². The Kier molecular flexibility index (Phi) is 8.67. The Balaban J connectivity index is 1.67. The van der Waals surface area contributed by atoms with Crippen molar-refractivity contribution in [2.75, 3.05) is 23.9 Å². The standard InChI is InChI=1S/C28H26ClN3O7S/c1-18(33)30-22-8-12-24(13-9-22)40(37,38)31(15-14-19-4-3-5-21(29)16-19)25-17-26(34)32(27(25)35)23-10-6-20(7-11-23)28(36)39-2/h3-13,16,25H,14-15,17H2,1-2H3,(H,30,33). The molecule has 1 heterocycles. The zero-order valence-corrected chi connectivity index (χ0v) is 23.2. The Morgan fingerprint density at radius 2 is 1.73 bits per heavy atom. The first-order valence-electron chi connectivity index (χ1n) is 12.2. The lowest BCUT2D eigenvalue weighted by Crippen LogP contribution is -2.46. The summed E-state index contributed by atoms with van der Waals surface area (Å²) in [6.07, 6.45) is -0.133. The average Bonchev–Trinajstić information content (AvgIpc) is 3.21. The number of rotatable bonds is 9. The summed E-state index contributed by atoms with van der Waals surface area (Å²) in [4.78, 5) is 50.6. The van der Waals surface area contributed by atoms with Crippen LogP contribution >= 0.6 is 11.6 Å². The minimum absolute atomic E-state index is 0.102. The molecule has 0 radical (unpaired) electrons. The van der Waals surface area contributed by atoms with Crippen molar-refractivity contribution in [1.29, 1.82) is 0 Å². The summed E-state index contributed by atoms with van der Waals surface area (Å²) < 4.78 is 33.4. The first kappa shape index (κ1) is 28.9. The van der Waals surface area contributed by atoms with Crippen molar-refractivity contribution in [2.24, 2.45) is 0 Å². The average molecular weight is 584 g/mol. The van der Waals surface area contributed by atoms with E-state index in [0.717, 1.165) is 14.8 Å². The van der Waals surface area contributed by atoms with Crippen LogP contribution in [0.15, 0.2) is 77.7 Å². The van der Waals surface area contributed by atoms with Crippen LogP contribution in [0.1, 0.15) is 29.3 Å². The van der Waals surface area contributed by atoms with Gasteiger partial charge < -0.3 is 10.1 Å². The van der Waals surface area contributed by atoms with E-state index in [1.807, 2.05) is 0 Å². The molecule has 0 aliphatic carbocycles. The fourth-order valence-electron chi connectivity index (χ4n) is 4.40. The molecule has 1 aliphatic rings. The normalized spacial score (nSPS) is 15.4. The van der Waals surface area contributed by atoms with Crippen molar-refractivity contribution in [3.8, 4) is 0 Å². The number of sulfonamides is 1. The van der Waals surface area contributed by atoms with Crippen LogP contribution in [0.4, 0.5) is 11.4 Å². The predicted octanol–water partition coefficient (Wildman–Crippen LogP) is 3.65. The molecule has 0 bridgehead atoms. The maximum Gasteiger partial charge on any atom is 0.337 e. The smallest absolute Gasteiger partial charge is 0.337 e. The molecule has 1 atom stereocenters. The van der Waals surface area contributed by atoms with Gasteiger partial charge >= 0.3 is 5.97 Å². The summed E-state index contributed by atoms with van der Waals surface area (Å²) in [7, 11) is -3.03. The van der Waals surface area contributed by atoms with Crippen LogP contribution in [0.25, 0.3) is 0 Å². The Hall–Kier alpha value is -4.06. The van der Waals surface area contributed by atoms with Crippen molar-refractivity contribution in [1.82, 2.24) is 4.31 Å². The highest BCUT2D eigenvalue weighted by molar-refractivity contribution is 7.89. The topological polar surface area (TPSA) is 130 Å². The van der Waals surface area contributed by atoms with Gasteiger partial charge in [-0.15, -0.1) is 0 Å². The Labute approximate surface area is 236 Å². The first-order chi connectivity index (χ1) is 19.0. The van der Waals surface area contributed by atoms with Gasteiger partial charge in [0.15, 0.2) is 0 Å². The highest BCUT2D eigenvalue weighted by Gasteiger charge is 2.46. The number of anilines is 2. The van der Waals surface area contributed by atoms with Gasteiger partial charge in [-0.05, 0) is 72.6 Å². The van der Waals surface area contributed by atoms with Crippen molar-refractivity contribution >= 4 is 56.7 Å². The number of ether oxygens (including phenoxy) is 1. The van der Waals surface area contributed by atoms with E-state index in [-0.39, 0.29) is 41.4 Å². The molecule has 0 saturated carbocycles. The van der Waals surface area contributed by atoms with E-state index in [1.165, 1.54) is 62.6 Å². The monoisotopic (exact) mass is 583 g/mol. The van der Waals surface area contributed by atoms with E-state index < -0.39 is 33.8 Å². The lowest BCUT2D eigenvalue weighted by atomic mass is 10.1. The summed E-state index contributed by atoms with van der Waals surface area (Å²) in [5, 5.41) is 3.06. The van der Waals surface area contributed by atoms with Crippen LogP contribution < -0.4 is 10.2 Å². The molecule has 3 aromatic rings. The van der Waals surface area contributed by atoms with Crippen LogP contribution in [-0.2, 0) is 35.6 Å². The molecule has 4 rings (SSSR count). The van der Waals surface area contributed by atoms with E-state index in [0.29, 0.717) is 10.7 Å². The highest BCUT2D eigenvalue weighted by Crippen LogP contribution is 2.30. The van der Waals surface area contributed by atoms with E-state index in [4.69, 9.17) is 11.6 Å². The van der Waals surface area contributed by atoms with E-state index in [9.17, 15) is 27.6 Å². The number of carbonyl (C=O) groups is 4. The van der Waals surface area contributed by atoms with Crippen molar-refractivity contribution in [3.63, 3.8) is 0 Å². The van der Waals surface area contributed by atoms with Gasteiger partial charge in [-0.25, -0.2) is 18.1 Å². The number of amides is 3. The number of nitrogens with one attached hydrogen (secondary N) is 1. The fraction of sp³-hybridized carbons (Fsp3) is 0.214. The molecule has 1 fully saturated rings. The lowest BCUT2D eigenvalue weighted by molar-refractivity contribution is -0.122. The van der Waals surface area contributed by atoms with Gasteiger partial charge in [0.25, 0.3) is 5.91 Å². The molecule has 40 heavy (non-hydrogen) atoms. The molecule has 0 aromatic heterocycles. The third kappa shape index (κ3) is 6.22. The maximum absolute atomic E-state index is 13.9. The first-order valence-corrected chi connectivity index (χ1v) is 14.0. The molecule has 1 unspecified atom stereocenters. The minimum atomic E-state index is -4.27. The maximum atomic E-state index is 13.9.